The van der Waals surface area contributed by atoms with Crippen LogP contribution in [0.5, 0.6) is 5.75 Å². The molecule has 0 bridgehead atoms. The highest BCUT2D eigenvalue weighted by Crippen LogP contribution is 2.25. The number of hydrogen-bond acceptors (Lipinski definition) is 9. The molecule has 48 heavy (non-hydrogen) atoms. The van der Waals surface area contributed by atoms with Crippen LogP contribution in [0.1, 0.15) is 55.2 Å². The average Bonchev–Trinajstić information content (AvgIpc) is 3.54. The van der Waals surface area contributed by atoms with Gasteiger partial charge in [-0.2, -0.15) is 0 Å². The predicted molar refractivity (Wildman–Crippen MR) is 175 cm³/mol. The summed E-state index contributed by atoms with van der Waals surface area (Å²) < 4.78 is 6.12. The summed E-state index contributed by atoms with van der Waals surface area (Å²) in [6, 6.07) is 11.9. The summed E-state index contributed by atoms with van der Waals surface area (Å²) in [5.41, 5.74) is 1.59. The number of ether oxygens (including phenoxy) is 1. The number of carbonyl (C=O) groups is 5. The van der Waals surface area contributed by atoms with Crippen LogP contribution in [-0.2, 0) is 36.9 Å². The smallest absolute Gasteiger partial charge is 0.272 e. The number of benzene rings is 2. The third-order valence-corrected chi connectivity index (χ3v) is 8.13. The molecule has 1 aromatic heterocycles. The molecule has 1 aliphatic heterocycles. The number of phenolic OH excluding ortho intramolecular Hbond substituents is 1. The second-order valence-electron chi connectivity index (χ2n) is 12.0. The molecule has 0 unspecified atom stereocenters. The second kappa shape index (κ2) is 17.1. The van der Waals surface area contributed by atoms with Crippen LogP contribution >= 0.6 is 0 Å². The molecule has 1 saturated heterocycles. The van der Waals surface area contributed by atoms with Crippen LogP contribution in [0.4, 0.5) is 0 Å². The van der Waals surface area contributed by atoms with E-state index in [0.29, 0.717) is 18.3 Å². The average molecular weight is 659 g/mol. The van der Waals surface area contributed by atoms with E-state index in [1.54, 1.807) is 32.9 Å². The van der Waals surface area contributed by atoms with E-state index in [0.717, 1.165) is 5.56 Å². The Bertz CT molecular complexity index is 1540. The van der Waals surface area contributed by atoms with Gasteiger partial charge in [-0.1, -0.05) is 63.2 Å². The van der Waals surface area contributed by atoms with Crippen LogP contribution in [0.2, 0.25) is 0 Å². The summed E-state index contributed by atoms with van der Waals surface area (Å²) in [4.78, 5) is 75.4. The number of aldehydes is 1. The van der Waals surface area contributed by atoms with Crippen molar-refractivity contribution in [3.05, 3.63) is 90.0 Å². The monoisotopic (exact) mass is 658 g/mol. The van der Waals surface area contributed by atoms with Gasteiger partial charge in [-0.25, -0.2) is 4.98 Å². The SMILES string of the molecule is CC[C@@H](C=O)NC(=O)[C@@H]1C[C@@H](OCc2ccccc2)CN1C(=O)[C@@H](NC(=O)[C@H](Cc1ccc(O)cc1)NC(=O)c1cnccn1)C(C)C. The van der Waals surface area contributed by atoms with Crippen molar-refractivity contribution in [3.63, 3.8) is 0 Å². The fourth-order valence-corrected chi connectivity index (χ4v) is 5.38. The Morgan fingerprint density at radius 3 is 2.35 bits per heavy atom. The minimum atomic E-state index is -1.13. The number of aromatic nitrogens is 2. The quantitative estimate of drug-likeness (QED) is 0.178. The molecule has 4 N–H and O–H groups in total. The molecule has 3 aromatic rings. The van der Waals surface area contributed by atoms with Crippen LogP contribution in [0.25, 0.3) is 0 Å². The van der Waals surface area contributed by atoms with Gasteiger partial charge in [-0.15, -0.1) is 0 Å². The van der Waals surface area contributed by atoms with E-state index >= 15 is 0 Å². The molecule has 13 heteroatoms. The van der Waals surface area contributed by atoms with Crippen molar-refractivity contribution in [2.45, 2.75) is 76.9 Å². The third kappa shape index (κ3) is 9.67. The van der Waals surface area contributed by atoms with Crippen molar-refractivity contribution in [2.75, 3.05) is 6.54 Å². The summed E-state index contributed by atoms with van der Waals surface area (Å²) in [6.07, 6.45) is 4.86. The number of rotatable bonds is 15. The summed E-state index contributed by atoms with van der Waals surface area (Å²) >= 11 is 0. The fraction of sp³-hybridized carbons (Fsp3) is 0.400. The zero-order valence-corrected chi connectivity index (χ0v) is 27.2. The zero-order chi connectivity index (χ0) is 34.6. The van der Waals surface area contributed by atoms with Gasteiger partial charge in [0.25, 0.3) is 5.91 Å². The molecule has 2 aromatic carbocycles. The Kier molecular flexibility index (Phi) is 12.7. The summed E-state index contributed by atoms with van der Waals surface area (Å²) in [5.74, 6) is -2.60. The Morgan fingerprint density at radius 2 is 1.73 bits per heavy atom. The Morgan fingerprint density at radius 1 is 1.00 bits per heavy atom. The van der Waals surface area contributed by atoms with E-state index < -0.39 is 59.8 Å². The molecule has 2 heterocycles. The highest BCUT2D eigenvalue weighted by Gasteiger charge is 2.44. The first-order valence-electron chi connectivity index (χ1n) is 16.0. The molecule has 0 radical (unpaired) electrons. The standard InChI is InChI=1S/C35H42N6O7/c1-4-25(20-42)38-34(46)30-17-27(48-21-24-8-6-5-7-9-24)19-41(30)35(47)31(22(2)3)40-32(44)28(16-23-10-12-26(43)13-11-23)39-33(45)29-18-36-14-15-37-29/h5-15,18,20,22,25,27-28,30-31,43H,4,16-17,19,21H2,1-3H3,(H,38,46)(H,39,45)(H,40,44)/t25-,27+,28-,30-,31-/m0/s1. The number of nitrogens with zero attached hydrogens (tertiary/aromatic N) is 3. The van der Waals surface area contributed by atoms with Gasteiger partial charge in [0, 0.05) is 31.8 Å². The maximum absolute atomic E-state index is 14.2. The van der Waals surface area contributed by atoms with Crippen molar-refractivity contribution >= 4 is 29.9 Å². The van der Waals surface area contributed by atoms with Crippen molar-refractivity contribution in [1.29, 1.82) is 0 Å². The van der Waals surface area contributed by atoms with Crippen LogP contribution in [-0.4, -0.2) is 86.7 Å². The summed E-state index contributed by atoms with van der Waals surface area (Å²) in [7, 11) is 0. The predicted octanol–water partition coefficient (Wildman–Crippen LogP) is 1.94. The van der Waals surface area contributed by atoms with Gasteiger partial charge in [0.1, 0.15) is 35.9 Å². The molecular weight excluding hydrogens is 616 g/mol. The van der Waals surface area contributed by atoms with Gasteiger partial charge < -0.3 is 35.5 Å². The highest BCUT2D eigenvalue weighted by molar-refractivity contribution is 5.98. The van der Waals surface area contributed by atoms with Crippen LogP contribution in [0.15, 0.2) is 73.2 Å². The maximum atomic E-state index is 14.2. The first-order valence-corrected chi connectivity index (χ1v) is 16.0. The molecule has 0 spiro atoms. The molecular formula is C35H42N6O7. The lowest BCUT2D eigenvalue weighted by molar-refractivity contribution is -0.143. The van der Waals surface area contributed by atoms with E-state index in [1.807, 2.05) is 30.3 Å². The largest absolute Gasteiger partial charge is 0.508 e. The lowest BCUT2D eigenvalue weighted by atomic mass is 10.00. The van der Waals surface area contributed by atoms with E-state index in [2.05, 4.69) is 25.9 Å². The lowest BCUT2D eigenvalue weighted by Crippen LogP contribution is -2.59. The summed E-state index contributed by atoms with van der Waals surface area (Å²) in [6.45, 7) is 5.68. The fourth-order valence-electron chi connectivity index (χ4n) is 5.38. The molecule has 254 valence electrons. The summed E-state index contributed by atoms with van der Waals surface area (Å²) in [5, 5.41) is 17.9. The lowest BCUT2D eigenvalue weighted by Gasteiger charge is -2.31. The van der Waals surface area contributed by atoms with Crippen LogP contribution in [0.3, 0.4) is 0 Å². The maximum Gasteiger partial charge on any atom is 0.272 e. The van der Waals surface area contributed by atoms with Gasteiger partial charge in [0.05, 0.1) is 24.9 Å². The number of hydrogen-bond donors (Lipinski definition) is 4. The van der Waals surface area contributed by atoms with Crippen molar-refractivity contribution in [3.8, 4) is 5.75 Å². The number of carbonyl (C=O) groups excluding carboxylic acids is 5. The topological polar surface area (TPSA) is 180 Å². The Balaban J connectivity index is 1.55. The molecule has 0 saturated carbocycles. The number of phenols is 1. The van der Waals surface area contributed by atoms with Gasteiger partial charge in [-0.05, 0) is 35.6 Å². The number of likely N-dealkylation sites (tertiary alicyclic amines) is 1. The Hall–Kier alpha value is -5.17. The number of nitrogens with one attached hydrogen (secondary N) is 3. The molecule has 13 nitrogen and oxygen atoms in total. The first kappa shape index (κ1) is 35.7. The van der Waals surface area contributed by atoms with Crippen LogP contribution < -0.4 is 16.0 Å². The van der Waals surface area contributed by atoms with E-state index in [1.165, 1.54) is 35.6 Å². The van der Waals surface area contributed by atoms with Crippen molar-refractivity contribution in [1.82, 2.24) is 30.8 Å². The molecule has 1 aliphatic rings. The molecule has 5 atom stereocenters. The third-order valence-electron chi connectivity index (χ3n) is 8.13. The molecule has 4 rings (SSSR count). The van der Waals surface area contributed by atoms with Gasteiger partial charge >= 0.3 is 0 Å². The normalized spacial score (nSPS) is 17.6. The van der Waals surface area contributed by atoms with Crippen molar-refractivity contribution in [2.24, 2.45) is 5.92 Å². The van der Waals surface area contributed by atoms with Gasteiger partial charge in [-0.3, -0.25) is 24.2 Å². The molecule has 4 amide bonds. The van der Waals surface area contributed by atoms with Crippen LogP contribution in [0, 0.1) is 5.92 Å². The minimum Gasteiger partial charge on any atom is -0.508 e. The van der Waals surface area contributed by atoms with E-state index in [9.17, 15) is 29.1 Å². The van der Waals surface area contributed by atoms with E-state index in [-0.39, 0.29) is 37.4 Å². The van der Waals surface area contributed by atoms with Crippen molar-refractivity contribution < 1.29 is 33.8 Å². The Labute approximate surface area is 279 Å². The van der Waals surface area contributed by atoms with E-state index in [4.69, 9.17) is 4.74 Å². The second-order valence-corrected chi connectivity index (χ2v) is 12.0. The van der Waals surface area contributed by atoms with Gasteiger partial charge in [0.2, 0.25) is 17.7 Å². The minimum absolute atomic E-state index is 0.00525. The number of aromatic hydroxyl groups is 1. The zero-order valence-electron chi connectivity index (χ0n) is 27.2. The number of amides is 4. The first-order chi connectivity index (χ1) is 23.1. The van der Waals surface area contributed by atoms with Gasteiger partial charge in [0.15, 0.2) is 0 Å². The molecule has 1 fully saturated rings. The highest BCUT2D eigenvalue weighted by atomic mass is 16.5. The molecule has 0 aliphatic carbocycles.